The summed E-state index contributed by atoms with van der Waals surface area (Å²) in [7, 11) is 1.57. The molecule has 0 unspecified atom stereocenters. The van der Waals surface area contributed by atoms with Crippen molar-refractivity contribution < 1.29 is 9.72 Å². The van der Waals surface area contributed by atoms with Gasteiger partial charge in [-0.05, 0) is 42.2 Å². The molecule has 0 atom stereocenters. The smallest absolute Gasteiger partial charge is 0.323 e. The van der Waals surface area contributed by atoms with Crippen molar-refractivity contribution in [3.05, 3.63) is 27.9 Å². The zero-order valence-electron chi connectivity index (χ0n) is 12.2. The minimum Gasteiger partial charge on any atom is -0.358 e. The highest BCUT2D eigenvalue weighted by atomic mass is 16.6. The number of nitrogens with zero attached hydrogens (tertiary/aromatic N) is 3. The van der Waals surface area contributed by atoms with E-state index in [-0.39, 0.29) is 11.7 Å². The highest BCUT2D eigenvalue weighted by Crippen LogP contribution is 2.37. The van der Waals surface area contributed by atoms with Gasteiger partial charge in [0.1, 0.15) is 0 Å². The van der Waals surface area contributed by atoms with Crippen LogP contribution in [-0.4, -0.2) is 46.5 Å². The number of carbonyl (C=O) groups excluding carboxylic acids is 1. The molecule has 2 aliphatic heterocycles. The lowest BCUT2D eigenvalue weighted by Crippen LogP contribution is -2.44. The number of aromatic nitrogens is 1. The maximum atomic E-state index is 12.5. The fourth-order valence-corrected chi connectivity index (χ4v) is 3.47. The van der Waals surface area contributed by atoms with Crippen LogP contribution in [0, 0.1) is 15.5 Å². The zero-order chi connectivity index (χ0) is 15.0. The molecule has 0 saturated carbocycles. The second kappa shape index (κ2) is 5.14. The zero-order valence-corrected chi connectivity index (χ0v) is 12.2. The van der Waals surface area contributed by atoms with Crippen LogP contribution in [0.3, 0.4) is 0 Å². The number of amides is 1. The number of piperidine rings is 1. The van der Waals surface area contributed by atoms with Gasteiger partial charge in [-0.1, -0.05) is 0 Å². The van der Waals surface area contributed by atoms with Crippen LogP contribution in [0.15, 0.2) is 12.1 Å². The number of nitro groups is 1. The van der Waals surface area contributed by atoms with E-state index in [4.69, 9.17) is 0 Å². The highest BCUT2D eigenvalue weighted by molar-refractivity contribution is 5.93. The first-order valence-electron chi connectivity index (χ1n) is 7.33. The third-order valence-electron chi connectivity index (χ3n) is 4.94. The van der Waals surface area contributed by atoms with Crippen molar-refractivity contribution in [2.24, 2.45) is 12.5 Å². The standard InChI is InChI=1S/C14H20N4O3/c1-16-11(2-3-12(16)18(20)21)13(19)17-8-5-14(6-9-17)4-7-15-10-14/h2-3,15H,4-10H2,1H3. The SMILES string of the molecule is Cn1c(C(=O)N2CCC3(CCNC3)CC2)ccc1[N+](=O)[O-]. The second-order valence-corrected chi connectivity index (χ2v) is 6.11. The Balaban J connectivity index is 1.71. The summed E-state index contributed by atoms with van der Waals surface area (Å²) in [5.41, 5.74) is 0.749. The van der Waals surface area contributed by atoms with Gasteiger partial charge in [-0.15, -0.1) is 0 Å². The molecule has 1 spiro atoms. The molecule has 3 heterocycles. The normalized spacial score (nSPS) is 20.9. The van der Waals surface area contributed by atoms with Crippen LogP contribution < -0.4 is 5.32 Å². The number of likely N-dealkylation sites (tertiary alicyclic amines) is 1. The van der Waals surface area contributed by atoms with E-state index in [9.17, 15) is 14.9 Å². The largest absolute Gasteiger partial charge is 0.358 e. The van der Waals surface area contributed by atoms with Crippen molar-refractivity contribution in [3.8, 4) is 0 Å². The fraction of sp³-hybridized carbons (Fsp3) is 0.643. The molecular weight excluding hydrogens is 272 g/mol. The van der Waals surface area contributed by atoms with E-state index < -0.39 is 4.92 Å². The van der Waals surface area contributed by atoms with E-state index in [1.165, 1.54) is 17.1 Å². The Morgan fingerprint density at radius 3 is 2.57 bits per heavy atom. The Hall–Kier alpha value is -1.89. The summed E-state index contributed by atoms with van der Waals surface area (Å²) < 4.78 is 1.36. The van der Waals surface area contributed by atoms with Gasteiger partial charge >= 0.3 is 5.82 Å². The molecule has 0 bridgehead atoms. The van der Waals surface area contributed by atoms with Gasteiger partial charge in [0.05, 0.1) is 7.05 Å². The molecule has 0 aliphatic carbocycles. The molecule has 2 saturated heterocycles. The van der Waals surface area contributed by atoms with Crippen LogP contribution in [0.4, 0.5) is 5.82 Å². The van der Waals surface area contributed by atoms with Gasteiger partial charge in [-0.25, -0.2) is 4.57 Å². The number of nitrogens with one attached hydrogen (secondary N) is 1. The quantitative estimate of drug-likeness (QED) is 0.655. The molecule has 1 N–H and O–H groups in total. The third kappa shape index (κ3) is 2.42. The van der Waals surface area contributed by atoms with Crippen molar-refractivity contribution in [2.45, 2.75) is 19.3 Å². The van der Waals surface area contributed by atoms with E-state index >= 15 is 0 Å². The van der Waals surface area contributed by atoms with Crippen molar-refractivity contribution >= 4 is 11.7 Å². The summed E-state index contributed by atoms with van der Waals surface area (Å²) in [6.45, 7) is 3.58. The van der Waals surface area contributed by atoms with E-state index in [0.717, 1.165) is 39.0 Å². The molecule has 7 heteroatoms. The van der Waals surface area contributed by atoms with Gasteiger partial charge in [0, 0.05) is 25.7 Å². The molecule has 21 heavy (non-hydrogen) atoms. The van der Waals surface area contributed by atoms with Gasteiger partial charge in [0.15, 0.2) is 5.69 Å². The van der Waals surface area contributed by atoms with Crippen LogP contribution in [-0.2, 0) is 7.05 Å². The molecule has 1 aromatic heterocycles. The summed E-state index contributed by atoms with van der Waals surface area (Å²) in [5, 5.41) is 14.3. The minimum absolute atomic E-state index is 0.0492. The molecule has 114 valence electrons. The molecule has 3 rings (SSSR count). The van der Waals surface area contributed by atoms with Crippen LogP contribution in [0.2, 0.25) is 0 Å². The molecule has 2 aliphatic rings. The maximum Gasteiger partial charge on any atom is 0.323 e. The molecule has 1 aromatic rings. The van der Waals surface area contributed by atoms with Crippen LogP contribution >= 0.6 is 0 Å². The first-order valence-corrected chi connectivity index (χ1v) is 7.33. The van der Waals surface area contributed by atoms with Crippen LogP contribution in [0.1, 0.15) is 29.8 Å². The van der Waals surface area contributed by atoms with Gasteiger partial charge < -0.3 is 20.3 Å². The van der Waals surface area contributed by atoms with Gasteiger partial charge in [0.25, 0.3) is 5.91 Å². The van der Waals surface area contributed by atoms with Crippen LogP contribution in [0.25, 0.3) is 0 Å². The monoisotopic (exact) mass is 292 g/mol. The Labute approximate surface area is 123 Å². The first kappa shape index (κ1) is 14.1. The van der Waals surface area contributed by atoms with Gasteiger partial charge in [-0.3, -0.25) is 4.79 Å². The predicted molar refractivity (Wildman–Crippen MR) is 77.1 cm³/mol. The summed E-state index contributed by atoms with van der Waals surface area (Å²) in [6.07, 6.45) is 3.21. The van der Waals surface area contributed by atoms with Crippen molar-refractivity contribution in [1.82, 2.24) is 14.8 Å². The van der Waals surface area contributed by atoms with Crippen LogP contribution in [0.5, 0.6) is 0 Å². The van der Waals surface area contributed by atoms with Crippen molar-refractivity contribution in [1.29, 1.82) is 0 Å². The Kier molecular flexibility index (Phi) is 3.44. The lowest BCUT2D eigenvalue weighted by atomic mass is 9.78. The summed E-state index contributed by atoms with van der Waals surface area (Å²) in [4.78, 5) is 24.7. The molecule has 2 fully saturated rings. The topological polar surface area (TPSA) is 80.4 Å². The van der Waals surface area contributed by atoms with E-state index in [1.807, 2.05) is 4.90 Å². The van der Waals surface area contributed by atoms with Gasteiger partial charge in [-0.2, -0.15) is 0 Å². The average molecular weight is 292 g/mol. The van der Waals surface area contributed by atoms with E-state index in [2.05, 4.69) is 5.32 Å². The maximum absolute atomic E-state index is 12.5. The lowest BCUT2D eigenvalue weighted by molar-refractivity contribution is -0.391. The predicted octanol–water partition coefficient (Wildman–Crippen LogP) is 1.15. The van der Waals surface area contributed by atoms with E-state index in [0.29, 0.717) is 11.1 Å². The Bertz CT molecular complexity index is 565. The molecule has 1 amide bonds. The lowest BCUT2D eigenvalue weighted by Gasteiger charge is -2.38. The summed E-state index contributed by atoms with van der Waals surface area (Å²) >= 11 is 0. The van der Waals surface area contributed by atoms with Crippen molar-refractivity contribution in [3.63, 3.8) is 0 Å². The highest BCUT2D eigenvalue weighted by Gasteiger charge is 2.39. The molecule has 7 nitrogen and oxygen atoms in total. The number of hydrogen-bond donors (Lipinski definition) is 1. The molecule has 0 radical (unpaired) electrons. The molecular formula is C14H20N4O3. The second-order valence-electron chi connectivity index (χ2n) is 6.11. The summed E-state index contributed by atoms with van der Waals surface area (Å²) in [5.74, 6) is -0.154. The first-order chi connectivity index (χ1) is 10.0. The number of carbonyl (C=O) groups is 1. The minimum atomic E-state index is -0.466. The fourth-order valence-electron chi connectivity index (χ4n) is 3.47. The van der Waals surface area contributed by atoms with E-state index in [1.54, 1.807) is 13.1 Å². The third-order valence-corrected chi connectivity index (χ3v) is 4.94. The Morgan fingerprint density at radius 1 is 1.33 bits per heavy atom. The Morgan fingerprint density at radius 2 is 2.05 bits per heavy atom. The van der Waals surface area contributed by atoms with Gasteiger partial charge in [0.2, 0.25) is 0 Å². The summed E-state index contributed by atoms with van der Waals surface area (Å²) in [6, 6.07) is 2.93. The van der Waals surface area contributed by atoms with Crippen molar-refractivity contribution in [2.75, 3.05) is 26.2 Å². The number of hydrogen-bond acceptors (Lipinski definition) is 4. The number of rotatable bonds is 2. The average Bonchev–Trinajstić information content (AvgIpc) is 3.06. The molecule has 0 aromatic carbocycles.